The lowest BCUT2D eigenvalue weighted by Gasteiger charge is -2.13. The molecule has 0 saturated carbocycles. The summed E-state index contributed by atoms with van der Waals surface area (Å²) >= 11 is 0. The summed E-state index contributed by atoms with van der Waals surface area (Å²) in [5, 5.41) is 11.4. The van der Waals surface area contributed by atoms with Gasteiger partial charge in [-0.3, -0.25) is 4.79 Å². The molecule has 0 spiro atoms. The van der Waals surface area contributed by atoms with Crippen LogP contribution in [0, 0.1) is 0 Å². The maximum absolute atomic E-state index is 11.0. The SMILES string of the molecule is CCOc1ccc(CC(NC(C)=O)C(=O)O)cc1. The third-order valence-electron chi connectivity index (χ3n) is 2.35. The van der Waals surface area contributed by atoms with E-state index in [1.165, 1.54) is 6.92 Å². The van der Waals surface area contributed by atoms with Crippen molar-refractivity contribution in [3.63, 3.8) is 0 Å². The standard InChI is InChI=1S/C13H17NO4/c1-3-18-11-6-4-10(5-7-11)8-12(13(16)17)14-9(2)15/h4-7,12H,3,8H2,1-2H3,(H,14,15)(H,16,17). The summed E-state index contributed by atoms with van der Waals surface area (Å²) in [6.07, 6.45) is 0.251. The molecular formula is C13H17NO4. The lowest BCUT2D eigenvalue weighted by Crippen LogP contribution is -2.41. The van der Waals surface area contributed by atoms with Crippen molar-refractivity contribution >= 4 is 11.9 Å². The second-order valence-corrected chi connectivity index (χ2v) is 3.87. The number of ether oxygens (including phenoxy) is 1. The van der Waals surface area contributed by atoms with E-state index in [1.54, 1.807) is 24.3 Å². The zero-order chi connectivity index (χ0) is 13.5. The molecule has 0 aliphatic carbocycles. The lowest BCUT2D eigenvalue weighted by molar-refractivity contribution is -0.141. The summed E-state index contributed by atoms with van der Waals surface area (Å²) in [6.45, 7) is 3.78. The summed E-state index contributed by atoms with van der Waals surface area (Å²) in [7, 11) is 0. The van der Waals surface area contributed by atoms with E-state index < -0.39 is 12.0 Å². The Bertz CT molecular complexity index is 414. The molecule has 1 aromatic carbocycles. The summed E-state index contributed by atoms with van der Waals surface area (Å²) in [5.41, 5.74) is 0.833. The van der Waals surface area contributed by atoms with Crippen molar-refractivity contribution in [3.05, 3.63) is 29.8 Å². The largest absolute Gasteiger partial charge is 0.494 e. The number of rotatable bonds is 6. The van der Waals surface area contributed by atoms with Crippen molar-refractivity contribution in [1.29, 1.82) is 0 Å². The molecule has 0 aliphatic heterocycles. The van der Waals surface area contributed by atoms with Gasteiger partial charge in [-0.15, -0.1) is 0 Å². The van der Waals surface area contributed by atoms with Crippen molar-refractivity contribution < 1.29 is 19.4 Å². The van der Waals surface area contributed by atoms with Crippen molar-refractivity contribution in [1.82, 2.24) is 5.32 Å². The number of carbonyl (C=O) groups excluding carboxylic acids is 1. The van der Waals surface area contributed by atoms with Gasteiger partial charge in [0.05, 0.1) is 6.61 Å². The van der Waals surface area contributed by atoms with Crippen LogP contribution in [0.25, 0.3) is 0 Å². The highest BCUT2D eigenvalue weighted by Gasteiger charge is 2.18. The monoisotopic (exact) mass is 251 g/mol. The minimum absolute atomic E-state index is 0.251. The van der Waals surface area contributed by atoms with Crippen molar-refractivity contribution in [3.8, 4) is 5.75 Å². The average Bonchev–Trinajstić information content (AvgIpc) is 2.30. The van der Waals surface area contributed by atoms with Crippen LogP contribution in [0.4, 0.5) is 0 Å². The molecular weight excluding hydrogens is 234 g/mol. The minimum Gasteiger partial charge on any atom is -0.494 e. The zero-order valence-corrected chi connectivity index (χ0v) is 10.5. The fourth-order valence-electron chi connectivity index (χ4n) is 1.57. The first-order chi connectivity index (χ1) is 8.52. The van der Waals surface area contributed by atoms with E-state index in [4.69, 9.17) is 9.84 Å². The predicted molar refractivity (Wildman–Crippen MR) is 66.6 cm³/mol. The highest BCUT2D eigenvalue weighted by atomic mass is 16.5. The molecule has 2 N–H and O–H groups in total. The first kappa shape index (κ1) is 14.0. The van der Waals surface area contributed by atoms with Gasteiger partial charge in [0.15, 0.2) is 0 Å². The van der Waals surface area contributed by atoms with Crippen molar-refractivity contribution in [2.24, 2.45) is 0 Å². The van der Waals surface area contributed by atoms with Gasteiger partial charge in [0, 0.05) is 13.3 Å². The third-order valence-corrected chi connectivity index (χ3v) is 2.35. The molecule has 1 amide bonds. The molecule has 0 fully saturated rings. The molecule has 0 bridgehead atoms. The van der Waals surface area contributed by atoms with E-state index in [0.29, 0.717) is 6.61 Å². The molecule has 98 valence electrons. The Morgan fingerprint density at radius 3 is 2.39 bits per heavy atom. The van der Waals surface area contributed by atoms with Crippen LogP contribution in [0.1, 0.15) is 19.4 Å². The van der Waals surface area contributed by atoms with E-state index in [9.17, 15) is 9.59 Å². The fourth-order valence-corrected chi connectivity index (χ4v) is 1.57. The second kappa shape index (κ2) is 6.64. The summed E-state index contributed by atoms with van der Waals surface area (Å²) in [5.74, 6) is -0.653. The normalized spacial score (nSPS) is 11.7. The number of carboxylic acid groups (broad SMARTS) is 1. The molecule has 5 heteroatoms. The van der Waals surface area contributed by atoms with E-state index in [2.05, 4.69) is 5.32 Å². The fraction of sp³-hybridized carbons (Fsp3) is 0.385. The molecule has 1 rings (SSSR count). The summed E-state index contributed by atoms with van der Waals surface area (Å²) < 4.78 is 5.29. The van der Waals surface area contributed by atoms with Gasteiger partial charge in [0.2, 0.25) is 5.91 Å². The smallest absolute Gasteiger partial charge is 0.326 e. The first-order valence-corrected chi connectivity index (χ1v) is 5.74. The average molecular weight is 251 g/mol. The van der Waals surface area contributed by atoms with Crippen LogP contribution in [0.2, 0.25) is 0 Å². The molecule has 1 aromatic rings. The van der Waals surface area contributed by atoms with E-state index in [1.807, 2.05) is 6.92 Å². The van der Waals surface area contributed by atoms with Gasteiger partial charge in [0.25, 0.3) is 0 Å². The van der Waals surface area contributed by atoms with Gasteiger partial charge in [-0.25, -0.2) is 4.79 Å². The number of carbonyl (C=O) groups is 2. The van der Waals surface area contributed by atoms with Crippen LogP contribution in [0.3, 0.4) is 0 Å². The molecule has 0 aromatic heterocycles. The molecule has 0 saturated heterocycles. The van der Waals surface area contributed by atoms with Crippen LogP contribution in [0.15, 0.2) is 24.3 Å². The number of carboxylic acids is 1. The topological polar surface area (TPSA) is 75.6 Å². The Hall–Kier alpha value is -2.04. The number of nitrogens with one attached hydrogen (secondary N) is 1. The second-order valence-electron chi connectivity index (χ2n) is 3.87. The maximum Gasteiger partial charge on any atom is 0.326 e. The van der Waals surface area contributed by atoms with E-state index >= 15 is 0 Å². The molecule has 0 radical (unpaired) electrons. The van der Waals surface area contributed by atoms with Crippen LogP contribution in [0.5, 0.6) is 5.75 Å². The van der Waals surface area contributed by atoms with Gasteiger partial charge in [-0.2, -0.15) is 0 Å². The Morgan fingerprint density at radius 2 is 1.94 bits per heavy atom. The highest BCUT2D eigenvalue weighted by molar-refractivity contribution is 5.82. The molecule has 18 heavy (non-hydrogen) atoms. The third kappa shape index (κ3) is 4.45. The van der Waals surface area contributed by atoms with Crippen LogP contribution >= 0.6 is 0 Å². The van der Waals surface area contributed by atoms with Gasteiger partial charge >= 0.3 is 5.97 Å². The molecule has 1 atom stereocenters. The quantitative estimate of drug-likeness (QED) is 0.797. The molecule has 0 heterocycles. The highest BCUT2D eigenvalue weighted by Crippen LogP contribution is 2.13. The Labute approximate surface area is 106 Å². The van der Waals surface area contributed by atoms with Gasteiger partial charge in [-0.1, -0.05) is 12.1 Å². The van der Waals surface area contributed by atoms with Gasteiger partial charge in [-0.05, 0) is 24.6 Å². The van der Waals surface area contributed by atoms with Crippen molar-refractivity contribution in [2.45, 2.75) is 26.3 Å². The van der Waals surface area contributed by atoms with Crippen molar-refractivity contribution in [2.75, 3.05) is 6.61 Å². The van der Waals surface area contributed by atoms with Gasteiger partial charge < -0.3 is 15.2 Å². The lowest BCUT2D eigenvalue weighted by atomic mass is 10.1. The molecule has 1 unspecified atom stereocenters. The maximum atomic E-state index is 11.0. The van der Waals surface area contributed by atoms with Crippen LogP contribution in [-0.2, 0) is 16.0 Å². The Balaban J connectivity index is 2.68. The number of aliphatic carboxylic acids is 1. The Kier molecular flexibility index (Phi) is 5.17. The number of amides is 1. The van der Waals surface area contributed by atoms with Gasteiger partial charge in [0.1, 0.15) is 11.8 Å². The molecule has 5 nitrogen and oxygen atoms in total. The summed E-state index contributed by atoms with van der Waals surface area (Å²) in [6, 6.07) is 6.25. The number of hydrogen-bond donors (Lipinski definition) is 2. The molecule has 0 aliphatic rings. The number of hydrogen-bond acceptors (Lipinski definition) is 3. The summed E-state index contributed by atoms with van der Waals surface area (Å²) in [4.78, 5) is 21.9. The predicted octanol–water partition coefficient (Wildman–Crippen LogP) is 1.22. The number of benzene rings is 1. The van der Waals surface area contributed by atoms with E-state index in [0.717, 1.165) is 11.3 Å². The first-order valence-electron chi connectivity index (χ1n) is 5.74. The Morgan fingerprint density at radius 1 is 1.33 bits per heavy atom. The minimum atomic E-state index is -1.04. The van der Waals surface area contributed by atoms with Crippen LogP contribution in [-0.4, -0.2) is 29.6 Å². The zero-order valence-electron chi connectivity index (χ0n) is 10.5. The van der Waals surface area contributed by atoms with Crippen LogP contribution < -0.4 is 10.1 Å². The van der Waals surface area contributed by atoms with E-state index in [-0.39, 0.29) is 12.3 Å².